The van der Waals surface area contributed by atoms with Crippen molar-refractivity contribution >= 4 is 5.97 Å². The molecule has 0 fully saturated rings. The normalized spacial score (nSPS) is 10.6. The molecular formula is C17H22N2O2. The average Bonchev–Trinajstić information content (AvgIpc) is 2.91. The Morgan fingerprint density at radius 1 is 1.24 bits per heavy atom. The highest BCUT2D eigenvalue weighted by Crippen LogP contribution is 2.13. The molecular weight excluding hydrogens is 264 g/mol. The molecule has 2 rings (SSSR count). The predicted molar refractivity (Wildman–Crippen MR) is 82.3 cm³/mol. The summed E-state index contributed by atoms with van der Waals surface area (Å²) in [5.74, 6) is -0.274. The molecule has 0 saturated heterocycles. The molecule has 4 heteroatoms. The molecule has 0 aliphatic heterocycles. The van der Waals surface area contributed by atoms with Gasteiger partial charge in [-0.2, -0.15) is 5.10 Å². The molecule has 0 N–H and O–H groups in total. The maximum atomic E-state index is 11.9. The highest BCUT2D eigenvalue weighted by atomic mass is 16.5. The zero-order valence-corrected chi connectivity index (χ0v) is 12.7. The predicted octanol–water partition coefficient (Wildman–Crippen LogP) is 3.26. The van der Waals surface area contributed by atoms with Gasteiger partial charge in [0.05, 0.1) is 18.5 Å². The monoisotopic (exact) mass is 286 g/mol. The maximum absolute atomic E-state index is 11.9. The van der Waals surface area contributed by atoms with E-state index in [1.165, 1.54) is 5.56 Å². The molecule has 0 aliphatic rings. The van der Waals surface area contributed by atoms with Crippen molar-refractivity contribution < 1.29 is 9.53 Å². The zero-order chi connectivity index (χ0) is 15.1. The lowest BCUT2D eigenvalue weighted by molar-refractivity contribution is 0.0525. The molecule has 112 valence electrons. The molecule has 0 saturated carbocycles. The SMILES string of the molecule is CCOC(=O)c1cnn(CCCc2ccccc2)c1CC. The minimum Gasteiger partial charge on any atom is -0.462 e. The topological polar surface area (TPSA) is 44.1 Å². The first-order valence-corrected chi connectivity index (χ1v) is 7.52. The quantitative estimate of drug-likeness (QED) is 0.734. The van der Waals surface area contributed by atoms with Crippen molar-refractivity contribution in [1.29, 1.82) is 0 Å². The van der Waals surface area contributed by atoms with Gasteiger partial charge in [0.2, 0.25) is 0 Å². The van der Waals surface area contributed by atoms with Gasteiger partial charge in [-0.25, -0.2) is 4.79 Å². The number of hydrogen-bond acceptors (Lipinski definition) is 3. The summed E-state index contributed by atoms with van der Waals surface area (Å²) in [4.78, 5) is 11.9. The molecule has 0 spiro atoms. The number of ether oxygens (including phenoxy) is 1. The fourth-order valence-corrected chi connectivity index (χ4v) is 2.43. The first-order chi connectivity index (χ1) is 10.3. The van der Waals surface area contributed by atoms with Crippen molar-refractivity contribution in [1.82, 2.24) is 9.78 Å². The molecule has 1 aromatic carbocycles. The highest BCUT2D eigenvalue weighted by Gasteiger charge is 2.16. The van der Waals surface area contributed by atoms with E-state index in [2.05, 4.69) is 29.4 Å². The fraction of sp³-hybridized carbons (Fsp3) is 0.412. The van der Waals surface area contributed by atoms with Crippen molar-refractivity contribution in [3.05, 3.63) is 53.3 Å². The lowest BCUT2D eigenvalue weighted by Gasteiger charge is -2.08. The molecule has 1 aromatic heterocycles. The van der Waals surface area contributed by atoms with Crippen molar-refractivity contribution in [3.63, 3.8) is 0 Å². The van der Waals surface area contributed by atoms with Crippen LogP contribution in [0.5, 0.6) is 0 Å². The molecule has 0 aliphatic carbocycles. The van der Waals surface area contributed by atoms with Crippen LogP contribution in [0.3, 0.4) is 0 Å². The summed E-state index contributed by atoms with van der Waals surface area (Å²) in [6.07, 6.45) is 4.42. The molecule has 1 heterocycles. The van der Waals surface area contributed by atoms with Gasteiger partial charge in [-0.05, 0) is 31.7 Å². The Bertz CT molecular complexity index is 576. The summed E-state index contributed by atoms with van der Waals surface area (Å²) in [6, 6.07) is 10.4. The van der Waals surface area contributed by atoms with Crippen molar-refractivity contribution in [2.75, 3.05) is 6.61 Å². The number of benzene rings is 1. The van der Waals surface area contributed by atoms with E-state index in [-0.39, 0.29) is 5.97 Å². The van der Waals surface area contributed by atoms with Gasteiger partial charge in [0.15, 0.2) is 0 Å². The van der Waals surface area contributed by atoms with Crippen LogP contribution in [-0.2, 0) is 24.1 Å². The number of carbonyl (C=O) groups is 1. The number of rotatable bonds is 7. The number of carbonyl (C=O) groups excluding carboxylic acids is 1. The first kappa shape index (κ1) is 15.3. The lowest BCUT2D eigenvalue weighted by atomic mass is 10.1. The van der Waals surface area contributed by atoms with E-state index < -0.39 is 0 Å². The van der Waals surface area contributed by atoms with Gasteiger partial charge in [-0.3, -0.25) is 4.68 Å². The van der Waals surface area contributed by atoms with Crippen LogP contribution in [0.1, 0.15) is 41.9 Å². The Balaban J connectivity index is 1.98. The third-order valence-corrected chi connectivity index (χ3v) is 3.46. The summed E-state index contributed by atoms with van der Waals surface area (Å²) in [6.45, 7) is 5.06. The number of hydrogen-bond donors (Lipinski definition) is 0. The lowest BCUT2D eigenvalue weighted by Crippen LogP contribution is -2.10. The summed E-state index contributed by atoms with van der Waals surface area (Å²) in [5, 5.41) is 4.34. The van der Waals surface area contributed by atoms with Crippen molar-refractivity contribution in [2.24, 2.45) is 0 Å². The van der Waals surface area contributed by atoms with Crippen LogP contribution in [-0.4, -0.2) is 22.4 Å². The number of aryl methyl sites for hydroxylation is 2. The van der Waals surface area contributed by atoms with Crippen LogP contribution in [0.15, 0.2) is 36.5 Å². The van der Waals surface area contributed by atoms with E-state index in [1.54, 1.807) is 6.20 Å². The summed E-state index contributed by atoms with van der Waals surface area (Å²) in [7, 11) is 0. The zero-order valence-electron chi connectivity index (χ0n) is 12.7. The van der Waals surface area contributed by atoms with Crippen LogP contribution in [0, 0.1) is 0 Å². The van der Waals surface area contributed by atoms with Gasteiger partial charge in [-0.1, -0.05) is 37.3 Å². The van der Waals surface area contributed by atoms with E-state index in [4.69, 9.17) is 4.74 Å². The highest BCUT2D eigenvalue weighted by molar-refractivity contribution is 5.90. The molecule has 0 bridgehead atoms. The third-order valence-electron chi connectivity index (χ3n) is 3.46. The number of esters is 1. The molecule has 0 radical (unpaired) electrons. The van der Waals surface area contributed by atoms with Gasteiger partial charge in [0.1, 0.15) is 5.56 Å². The maximum Gasteiger partial charge on any atom is 0.341 e. The van der Waals surface area contributed by atoms with Crippen LogP contribution in [0.2, 0.25) is 0 Å². The van der Waals surface area contributed by atoms with Gasteiger partial charge in [-0.15, -0.1) is 0 Å². The third kappa shape index (κ3) is 3.94. The Morgan fingerprint density at radius 2 is 2.00 bits per heavy atom. The Morgan fingerprint density at radius 3 is 2.67 bits per heavy atom. The van der Waals surface area contributed by atoms with Crippen LogP contribution < -0.4 is 0 Å². The van der Waals surface area contributed by atoms with Gasteiger partial charge >= 0.3 is 5.97 Å². The molecule has 2 aromatic rings. The molecule has 0 amide bonds. The van der Waals surface area contributed by atoms with E-state index in [1.807, 2.05) is 24.6 Å². The minimum atomic E-state index is -0.274. The second kappa shape index (κ2) is 7.62. The molecule has 0 atom stereocenters. The van der Waals surface area contributed by atoms with Gasteiger partial charge in [0, 0.05) is 6.54 Å². The van der Waals surface area contributed by atoms with Gasteiger partial charge < -0.3 is 4.74 Å². The van der Waals surface area contributed by atoms with E-state index in [9.17, 15) is 4.79 Å². The number of nitrogens with zero attached hydrogens (tertiary/aromatic N) is 2. The van der Waals surface area contributed by atoms with Crippen LogP contribution >= 0.6 is 0 Å². The minimum absolute atomic E-state index is 0.274. The van der Waals surface area contributed by atoms with Gasteiger partial charge in [0.25, 0.3) is 0 Å². The largest absolute Gasteiger partial charge is 0.462 e. The summed E-state index contributed by atoms with van der Waals surface area (Å²) >= 11 is 0. The Hall–Kier alpha value is -2.10. The van der Waals surface area contributed by atoms with E-state index >= 15 is 0 Å². The second-order valence-electron chi connectivity index (χ2n) is 4.89. The first-order valence-electron chi connectivity index (χ1n) is 7.52. The molecule has 4 nitrogen and oxygen atoms in total. The summed E-state index contributed by atoms with van der Waals surface area (Å²) in [5.41, 5.74) is 2.88. The van der Waals surface area contributed by atoms with Crippen molar-refractivity contribution in [2.45, 2.75) is 39.7 Å². The van der Waals surface area contributed by atoms with Crippen LogP contribution in [0.25, 0.3) is 0 Å². The average molecular weight is 286 g/mol. The smallest absolute Gasteiger partial charge is 0.341 e. The van der Waals surface area contributed by atoms with E-state index in [0.29, 0.717) is 12.2 Å². The van der Waals surface area contributed by atoms with Crippen LogP contribution in [0.4, 0.5) is 0 Å². The number of aromatic nitrogens is 2. The fourth-order valence-electron chi connectivity index (χ4n) is 2.43. The Kier molecular flexibility index (Phi) is 5.55. The van der Waals surface area contributed by atoms with E-state index in [0.717, 1.165) is 31.5 Å². The standard InChI is InChI=1S/C17H22N2O2/c1-3-16-15(17(20)21-4-2)13-18-19(16)12-8-11-14-9-6-5-7-10-14/h5-7,9-10,13H,3-4,8,11-12H2,1-2H3. The second-order valence-corrected chi connectivity index (χ2v) is 4.89. The molecule has 0 unspecified atom stereocenters. The Labute approximate surface area is 125 Å². The summed E-state index contributed by atoms with van der Waals surface area (Å²) < 4.78 is 6.99. The molecule has 21 heavy (non-hydrogen) atoms. The van der Waals surface area contributed by atoms with Crippen molar-refractivity contribution in [3.8, 4) is 0 Å².